The van der Waals surface area contributed by atoms with Crippen LogP contribution in [0.3, 0.4) is 0 Å². The van der Waals surface area contributed by atoms with Crippen molar-refractivity contribution < 1.29 is 22.3 Å². The molecule has 0 amide bonds. The lowest BCUT2D eigenvalue weighted by Gasteiger charge is -2.29. The molecule has 0 radical (unpaired) electrons. The Balaban J connectivity index is 1.69. The maximum atomic E-state index is 14.3. The summed E-state index contributed by atoms with van der Waals surface area (Å²) in [5, 5.41) is 0. The molecule has 5 nitrogen and oxygen atoms in total. The molecule has 0 atom stereocenters. The Labute approximate surface area is 158 Å². The molecule has 2 aromatic rings. The average Bonchev–Trinajstić information content (AvgIpc) is 3.20. The van der Waals surface area contributed by atoms with E-state index in [4.69, 9.17) is 9.47 Å². The first-order valence-corrected chi connectivity index (χ1v) is 10.6. The smallest absolute Gasteiger partial charge is 0.246 e. The summed E-state index contributed by atoms with van der Waals surface area (Å²) in [6, 6.07) is 10.9. The predicted molar refractivity (Wildman–Crippen MR) is 98.8 cm³/mol. The first-order valence-electron chi connectivity index (χ1n) is 9.20. The van der Waals surface area contributed by atoms with Crippen molar-refractivity contribution in [2.24, 2.45) is 0 Å². The van der Waals surface area contributed by atoms with Crippen molar-refractivity contribution in [3.05, 3.63) is 53.8 Å². The number of hydrogen-bond donors (Lipinski definition) is 0. The number of fused-ring (bicyclic) bond motifs is 1. The van der Waals surface area contributed by atoms with Crippen LogP contribution in [0.15, 0.2) is 47.4 Å². The minimum atomic E-state index is -3.95. The molecule has 27 heavy (non-hydrogen) atoms. The number of ether oxygens (including phenoxy) is 2. The van der Waals surface area contributed by atoms with Gasteiger partial charge in [-0.05, 0) is 42.7 Å². The lowest BCUT2D eigenvalue weighted by Crippen LogP contribution is -2.38. The summed E-state index contributed by atoms with van der Waals surface area (Å²) in [6.45, 7) is 1.15. The molecule has 0 N–H and O–H groups in total. The number of benzene rings is 2. The fourth-order valence-corrected chi connectivity index (χ4v) is 5.49. The van der Waals surface area contributed by atoms with Crippen LogP contribution in [0.4, 0.5) is 4.39 Å². The summed E-state index contributed by atoms with van der Waals surface area (Å²) in [7, 11) is -3.95. The highest BCUT2D eigenvalue weighted by Gasteiger charge is 2.35. The van der Waals surface area contributed by atoms with E-state index in [-0.39, 0.29) is 17.5 Å². The summed E-state index contributed by atoms with van der Waals surface area (Å²) >= 11 is 0. The molecule has 1 aliphatic carbocycles. The summed E-state index contributed by atoms with van der Waals surface area (Å²) < 4.78 is 53.4. The Morgan fingerprint density at radius 3 is 2.44 bits per heavy atom. The van der Waals surface area contributed by atoms with Crippen LogP contribution in [0.25, 0.3) is 0 Å². The van der Waals surface area contributed by atoms with Crippen LogP contribution in [0.5, 0.6) is 11.5 Å². The van der Waals surface area contributed by atoms with Crippen LogP contribution in [0, 0.1) is 5.82 Å². The molecule has 2 aliphatic rings. The molecule has 0 bridgehead atoms. The second-order valence-corrected chi connectivity index (χ2v) is 8.76. The van der Waals surface area contributed by atoms with E-state index >= 15 is 0 Å². The van der Waals surface area contributed by atoms with Crippen LogP contribution in [0.1, 0.15) is 31.2 Å². The molecule has 1 saturated carbocycles. The van der Waals surface area contributed by atoms with Gasteiger partial charge in [-0.25, -0.2) is 12.8 Å². The second kappa shape index (κ2) is 7.48. The van der Waals surface area contributed by atoms with E-state index in [0.29, 0.717) is 24.7 Å². The standard InChI is InChI=1S/C20H22FNO4S/c21-17-7-3-4-8-20(17)27(23,24)22(16-5-1-2-6-16)14-15-9-10-18-19(13-15)26-12-11-25-18/h3-4,7-10,13,16H,1-2,5-6,11-12,14H2. The van der Waals surface area contributed by atoms with Gasteiger partial charge >= 0.3 is 0 Å². The highest BCUT2D eigenvalue weighted by atomic mass is 32.2. The normalized spacial score (nSPS) is 17.4. The molecule has 144 valence electrons. The third kappa shape index (κ3) is 3.66. The zero-order valence-corrected chi connectivity index (χ0v) is 15.8. The largest absolute Gasteiger partial charge is 0.486 e. The van der Waals surface area contributed by atoms with E-state index in [1.165, 1.54) is 22.5 Å². The summed E-state index contributed by atoms with van der Waals surface area (Å²) in [4.78, 5) is -0.269. The van der Waals surface area contributed by atoms with Crippen molar-refractivity contribution in [2.75, 3.05) is 13.2 Å². The van der Waals surface area contributed by atoms with Gasteiger partial charge in [0.15, 0.2) is 11.5 Å². The van der Waals surface area contributed by atoms with E-state index in [0.717, 1.165) is 31.2 Å². The van der Waals surface area contributed by atoms with Crippen molar-refractivity contribution in [3.8, 4) is 11.5 Å². The number of rotatable bonds is 5. The SMILES string of the molecule is O=S(=O)(c1ccccc1F)N(Cc1ccc2c(c1)OCCO2)C1CCCC1. The monoisotopic (exact) mass is 391 g/mol. The topological polar surface area (TPSA) is 55.8 Å². The second-order valence-electron chi connectivity index (χ2n) is 6.90. The third-order valence-corrected chi connectivity index (χ3v) is 7.03. The third-order valence-electron chi connectivity index (χ3n) is 5.10. The number of sulfonamides is 1. The zero-order valence-electron chi connectivity index (χ0n) is 14.9. The van der Waals surface area contributed by atoms with E-state index in [2.05, 4.69) is 0 Å². The van der Waals surface area contributed by atoms with Gasteiger partial charge < -0.3 is 9.47 Å². The Bertz CT molecular complexity index is 925. The van der Waals surface area contributed by atoms with Crippen LogP contribution >= 0.6 is 0 Å². The van der Waals surface area contributed by atoms with Gasteiger partial charge in [0.2, 0.25) is 10.0 Å². The lowest BCUT2D eigenvalue weighted by molar-refractivity contribution is 0.171. The molecule has 1 heterocycles. The van der Waals surface area contributed by atoms with Gasteiger partial charge in [-0.1, -0.05) is 31.0 Å². The van der Waals surface area contributed by atoms with Gasteiger partial charge in [-0.15, -0.1) is 0 Å². The predicted octanol–water partition coefficient (Wildman–Crippen LogP) is 3.73. The summed E-state index contributed by atoms with van der Waals surface area (Å²) in [5.74, 6) is 0.561. The molecule has 2 aromatic carbocycles. The molecular formula is C20H22FNO4S. The summed E-state index contributed by atoms with van der Waals surface area (Å²) in [5.41, 5.74) is 0.797. The van der Waals surface area contributed by atoms with Crippen molar-refractivity contribution in [2.45, 2.75) is 43.2 Å². The summed E-state index contributed by atoms with van der Waals surface area (Å²) in [6.07, 6.45) is 3.54. The van der Waals surface area contributed by atoms with E-state index in [9.17, 15) is 12.8 Å². The fourth-order valence-electron chi connectivity index (χ4n) is 3.75. The first kappa shape index (κ1) is 18.3. The molecule has 7 heteroatoms. The van der Waals surface area contributed by atoms with Crippen LogP contribution in [-0.4, -0.2) is 32.0 Å². The van der Waals surface area contributed by atoms with Gasteiger partial charge in [0.05, 0.1) is 0 Å². The van der Waals surface area contributed by atoms with Gasteiger partial charge in [-0.3, -0.25) is 0 Å². The Kier molecular flexibility index (Phi) is 5.06. The van der Waals surface area contributed by atoms with Crippen molar-refractivity contribution in [1.29, 1.82) is 0 Å². The van der Waals surface area contributed by atoms with Crippen molar-refractivity contribution >= 4 is 10.0 Å². The molecular weight excluding hydrogens is 369 g/mol. The maximum absolute atomic E-state index is 14.3. The van der Waals surface area contributed by atoms with E-state index < -0.39 is 15.8 Å². The lowest BCUT2D eigenvalue weighted by atomic mass is 10.1. The van der Waals surface area contributed by atoms with Gasteiger partial charge in [0, 0.05) is 12.6 Å². The minimum Gasteiger partial charge on any atom is -0.486 e. The minimum absolute atomic E-state index is 0.122. The molecule has 4 rings (SSSR count). The Morgan fingerprint density at radius 2 is 1.70 bits per heavy atom. The number of hydrogen-bond acceptors (Lipinski definition) is 4. The van der Waals surface area contributed by atoms with Gasteiger partial charge in [0.1, 0.15) is 23.9 Å². The zero-order chi connectivity index (χ0) is 18.9. The first-order chi connectivity index (χ1) is 13.1. The van der Waals surface area contributed by atoms with Crippen LogP contribution in [0.2, 0.25) is 0 Å². The number of halogens is 1. The quantitative estimate of drug-likeness (QED) is 0.779. The molecule has 1 aliphatic heterocycles. The highest BCUT2D eigenvalue weighted by molar-refractivity contribution is 7.89. The number of nitrogens with zero attached hydrogens (tertiary/aromatic N) is 1. The molecule has 0 saturated heterocycles. The molecule has 0 unspecified atom stereocenters. The Hall–Kier alpha value is -2.12. The molecule has 0 spiro atoms. The van der Waals surface area contributed by atoms with Crippen LogP contribution < -0.4 is 9.47 Å². The maximum Gasteiger partial charge on any atom is 0.246 e. The molecule has 1 fully saturated rings. The van der Waals surface area contributed by atoms with E-state index in [1.807, 2.05) is 12.1 Å². The van der Waals surface area contributed by atoms with Gasteiger partial charge in [-0.2, -0.15) is 4.31 Å². The highest BCUT2D eigenvalue weighted by Crippen LogP contribution is 2.34. The van der Waals surface area contributed by atoms with Crippen LogP contribution in [-0.2, 0) is 16.6 Å². The average molecular weight is 391 g/mol. The van der Waals surface area contributed by atoms with E-state index in [1.54, 1.807) is 12.1 Å². The van der Waals surface area contributed by atoms with Crippen molar-refractivity contribution in [3.63, 3.8) is 0 Å². The van der Waals surface area contributed by atoms with Gasteiger partial charge in [0.25, 0.3) is 0 Å². The Morgan fingerprint density at radius 1 is 1.00 bits per heavy atom. The van der Waals surface area contributed by atoms with Crippen molar-refractivity contribution in [1.82, 2.24) is 4.31 Å². The fraction of sp³-hybridized carbons (Fsp3) is 0.400. The molecule has 0 aromatic heterocycles.